The van der Waals surface area contributed by atoms with Gasteiger partial charge >= 0.3 is 5.97 Å². The minimum atomic E-state index is -0.893. The predicted molar refractivity (Wildman–Crippen MR) is 155 cm³/mol. The second-order valence-corrected chi connectivity index (χ2v) is 18.1. The minimum absolute atomic E-state index is 0.149. The first-order valence-corrected chi connectivity index (χ1v) is 17.4. The number of ether oxygens (including phenoxy) is 1. The Morgan fingerprint density at radius 3 is 2.42 bits per heavy atom. The van der Waals surface area contributed by atoms with E-state index in [-0.39, 0.29) is 16.2 Å². The van der Waals surface area contributed by atoms with E-state index in [1.54, 1.807) is 0 Å². The maximum absolute atomic E-state index is 12.7. The molecule has 8 fully saturated rings. The van der Waals surface area contributed by atoms with Gasteiger partial charge in [0, 0.05) is 17.8 Å². The molecular formula is C36H56O4. The third-order valence-electron chi connectivity index (χ3n) is 17.6. The van der Waals surface area contributed by atoms with E-state index in [0.29, 0.717) is 39.9 Å². The average Bonchev–Trinajstić information content (AvgIpc) is 3.07. The van der Waals surface area contributed by atoms with Crippen molar-refractivity contribution in [2.24, 2.45) is 67.5 Å². The Balaban J connectivity index is 1.30. The monoisotopic (exact) mass is 552 g/mol. The minimum Gasteiger partial charge on any atom is -0.481 e. The molecule has 13 atom stereocenters. The van der Waals surface area contributed by atoms with Gasteiger partial charge in [-0.25, -0.2) is 0 Å². The van der Waals surface area contributed by atoms with Crippen molar-refractivity contribution in [2.75, 3.05) is 6.61 Å². The SMILES string of the molecule is CCCC1C2(O)CC3CCC4CC56CCCC7(CCC1(CO2)C3C47C)C5(C)CCC1(C)CCC(C)(C(=O)O)CC16. The molecule has 0 aromatic rings. The zero-order valence-corrected chi connectivity index (χ0v) is 26.1. The van der Waals surface area contributed by atoms with Gasteiger partial charge in [-0.05, 0) is 141 Å². The molecule has 40 heavy (non-hydrogen) atoms. The summed E-state index contributed by atoms with van der Waals surface area (Å²) in [6.45, 7) is 13.3. The van der Waals surface area contributed by atoms with E-state index < -0.39 is 17.2 Å². The number of fused-ring (bicyclic) bond motifs is 2. The van der Waals surface area contributed by atoms with Gasteiger partial charge in [0.1, 0.15) is 0 Å². The van der Waals surface area contributed by atoms with Crippen LogP contribution in [0, 0.1) is 67.5 Å². The second-order valence-electron chi connectivity index (χ2n) is 18.1. The van der Waals surface area contributed by atoms with E-state index in [1.165, 1.54) is 64.2 Å². The molecule has 1 heterocycles. The predicted octanol–water partition coefficient (Wildman–Crippen LogP) is 8.21. The first kappa shape index (κ1) is 27.0. The number of rotatable bonds is 3. The highest BCUT2D eigenvalue weighted by atomic mass is 16.6. The van der Waals surface area contributed by atoms with Gasteiger partial charge in [0.2, 0.25) is 0 Å². The van der Waals surface area contributed by atoms with Crippen molar-refractivity contribution < 1.29 is 19.7 Å². The van der Waals surface area contributed by atoms with Crippen molar-refractivity contribution in [1.29, 1.82) is 0 Å². The molecule has 0 amide bonds. The van der Waals surface area contributed by atoms with Gasteiger partial charge in [0.15, 0.2) is 5.79 Å². The normalized spacial score (nSPS) is 63.1. The average molecular weight is 553 g/mol. The van der Waals surface area contributed by atoms with Crippen LogP contribution in [-0.2, 0) is 9.53 Å². The number of aliphatic carboxylic acids is 1. The molecule has 224 valence electrons. The molecule has 4 nitrogen and oxygen atoms in total. The number of carbonyl (C=O) groups is 1. The summed E-state index contributed by atoms with van der Waals surface area (Å²) in [5, 5.41) is 22.4. The lowest BCUT2D eigenvalue weighted by atomic mass is 9.19. The summed E-state index contributed by atoms with van der Waals surface area (Å²) in [4.78, 5) is 12.7. The number of carboxylic acids is 1. The van der Waals surface area contributed by atoms with Gasteiger partial charge in [-0.3, -0.25) is 4.79 Å². The van der Waals surface area contributed by atoms with Crippen LogP contribution in [-0.4, -0.2) is 28.6 Å². The van der Waals surface area contributed by atoms with Crippen molar-refractivity contribution in [2.45, 2.75) is 143 Å². The fraction of sp³-hybridized carbons (Fsp3) is 0.972. The van der Waals surface area contributed by atoms with Crippen molar-refractivity contribution in [3.05, 3.63) is 0 Å². The van der Waals surface area contributed by atoms with Crippen LogP contribution in [0.2, 0.25) is 0 Å². The molecule has 0 aromatic heterocycles. The van der Waals surface area contributed by atoms with Gasteiger partial charge in [-0.1, -0.05) is 40.5 Å². The first-order chi connectivity index (χ1) is 18.8. The molecule has 4 heteroatoms. The van der Waals surface area contributed by atoms with Crippen LogP contribution in [0.5, 0.6) is 0 Å². The summed E-state index contributed by atoms with van der Waals surface area (Å²) in [6, 6.07) is 0. The third-order valence-corrected chi connectivity index (χ3v) is 17.6. The van der Waals surface area contributed by atoms with E-state index in [0.717, 1.165) is 51.0 Å². The summed E-state index contributed by atoms with van der Waals surface area (Å²) in [5.74, 6) is 1.38. The van der Waals surface area contributed by atoms with E-state index in [1.807, 2.05) is 0 Å². The lowest BCUT2D eigenvalue weighted by molar-refractivity contribution is -0.368. The molecule has 13 unspecified atom stereocenters. The highest BCUT2D eigenvalue weighted by molar-refractivity contribution is 5.74. The maximum atomic E-state index is 12.7. The van der Waals surface area contributed by atoms with Gasteiger partial charge in [0.25, 0.3) is 0 Å². The summed E-state index contributed by atoms with van der Waals surface area (Å²) in [5.41, 5.74) is 1.06. The molecule has 0 aromatic carbocycles. The van der Waals surface area contributed by atoms with E-state index in [4.69, 9.17) is 4.74 Å². The lowest BCUT2D eigenvalue weighted by Crippen LogP contribution is -2.79. The van der Waals surface area contributed by atoms with Crippen molar-refractivity contribution >= 4 is 5.97 Å². The molecule has 2 N–H and O–H groups in total. The molecule has 4 bridgehead atoms. The lowest BCUT2D eigenvalue weighted by Gasteiger charge is -2.84. The standard InChI is InChI=1S/C36H56O4/c1-6-8-25-33-17-18-35-12-7-11-34(20-24-10-9-23(27(33)32(24,35)5)19-36(25,39)40-22-33)26-21-30(3,28(37)38)14-13-29(26,2)15-16-31(34,35)4/h23-27,39H,6-22H2,1-5H3,(H,37,38). The molecule has 1 aliphatic heterocycles. The van der Waals surface area contributed by atoms with Gasteiger partial charge in [-0.2, -0.15) is 0 Å². The molecule has 8 rings (SSSR count). The smallest absolute Gasteiger partial charge is 0.309 e. The second kappa shape index (κ2) is 7.72. The maximum Gasteiger partial charge on any atom is 0.309 e. The third kappa shape index (κ3) is 2.62. The van der Waals surface area contributed by atoms with Crippen molar-refractivity contribution in [1.82, 2.24) is 0 Å². The number of hydrogen-bond acceptors (Lipinski definition) is 3. The van der Waals surface area contributed by atoms with Crippen LogP contribution < -0.4 is 0 Å². The van der Waals surface area contributed by atoms with E-state index in [2.05, 4.69) is 34.6 Å². The topological polar surface area (TPSA) is 66.8 Å². The van der Waals surface area contributed by atoms with Crippen LogP contribution in [0.15, 0.2) is 0 Å². The fourth-order valence-corrected chi connectivity index (χ4v) is 16.0. The summed E-state index contributed by atoms with van der Waals surface area (Å²) >= 11 is 0. The highest BCUT2D eigenvalue weighted by Gasteiger charge is 2.84. The molecule has 7 saturated carbocycles. The summed E-state index contributed by atoms with van der Waals surface area (Å²) < 4.78 is 6.53. The Bertz CT molecular complexity index is 1140. The molecule has 1 saturated heterocycles. The molecule has 7 aliphatic carbocycles. The molecular weight excluding hydrogens is 496 g/mol. The highest BCUT2D eigenvalue weighted by Crippen LogP contribution is 2.89. The van der Waals surface area contributed by atoms with Gasteiger partial charge in [-0.15, -0.1) is 0 Å². The Hall–Kier alpha value is -0.610. The quantitative estimate of drug-likeness (QED) is 0.370. The Kier molecular flexibility index (Phi) is 5.20. The summed E-state index contributed by atoms with van der Waals surface area (Å²) in [6.07, 6.45) is 19.0. The van der Waals surface area contributed by atoms with Crippen LogP contribution in [0.4, 0.5) is 0 Å². The largest absolute Gasteiger partial charge is 0.481 e. The van der Waals surface area contributed by atoms with E-state index in [9.17, 15) is 15.0 Å². The Morgan fingerprint density at radius 2 is 1.68 bits per heavy atom. The number of aliphatic hydroxyl groups is 1. The van der Waals surface area contributed by atoms with Gasteiger partial charge < -0.3 is 14.9 Å². The molecule has 0 radical (unpaired) electrons. The van der Waals surface area contributed by atoms with E-state index >= 15 is 0 Å². The number of hydrogen-bond donors (Lipinski definition) is 2. The van der Waals surface area contributed by atoms with Crippen LogP contribution in [0.3, 0.4) is 0 Å². The van der Waals surface area contributed by atoms with Crippen molar-refractivity contribution in [3.63, 3.8) is 0 Å². The fourth-order valence-electron chi connectivity index (χ4n) is 16.0. The van der Waals surface area contributed by atoms with Gasteiger partial charge in [0.05, 0.1) is 12.0 Å². The molecule has 8 aliphatic rings. The zero-order chi connectivity index (χ0) is 28.2. The molecule has 2 spiro atoms. The summed E-state index contributed by atoms with van der Waals surface area (Å²) in [7, 11) is 0. The number of carboxylic acid groups (broad SMARTS) is 1. The first-order valence-electron chi connectivity index (χ1n) is 17.4. The van der Waals surface area contributed by atoms with Crippen LogP contribution in [0.1, 0.15) is 137 Å². The Labute approximate surface area is 242 Å². The van der Waals surface area contributed by atoms with Crippen LogP contribution >= 0.6 is 0 Å². The Morgan fingerprint density at radius 1 is 0.900 bits per heavy atom. The van der Waals surface area contributed by atoms with Crippen LogP contribution in [0.25, 0.3) is 0 Å². The van der Waals surface area contributed by atoms with Crippen molar-refractivity contribution in [3.8, 4) is 0 Å². The zero-order valence-electron chi connectivity index (χ0n) is 26.1.